The van der Waals surface area contributed by atoms with E-state index in [4.69, 9.17) is 0 Å². The van der Waals surface area contributed by atoms with E-state index < -0.39 is 0 Å². The molecule has 0 aliphatic carbocycles. The van der Waals surface area contributed by atoms with Crippen molar-refractivity contribution in [1.29, 1.82) is 0 Å². The van der Waals surface area contributed by atoms with Crippen molar-refractivity contribution < 1.29 is 0 Å². The van der Waals surface area contributed by atoms with E-state index in [1.54, 1.807) is 0 Å². The SMILES string of the molecule is CC(C)CNCCCCN1CCCC(C)(C)C1. The summed E-state index contributed by atoms with van der Waals surface area (Å²) >= 11 is 0. The minimum atomic E-state index is 0.550. The van der Waals surface area contributed by atoms with Crippen molar-refractivity contribution in [3.63, 3.8) is 0 Å². The van der Waals surface area contributed by atoms with Gasteiger partial charge >= 0.3 is 0 Å². The molecule has 2 nitrogen and oxygen atoms in total. The number of hydrogen-bond donors (Lipinski definition) is 1. The highest BCUT2D eigenvalue weighted by Gasteiger charge is 2.25. The molecule has 1 saturated heterocycles. The average molecular weight is 240 g/mol. The fourth-order valence-corrected chi connectivity index (χ4v) is 2.71. The van der Waals surface area contributed by atoms with Gasteiger partial charge in [0.15, 0.2) is 0 Å². The van der Waals surface area contributed by atoms with Crippen molar-refractivity contribution in [2.75, 3.05) is 32.7 Å². The Bertz CT molecular complexity index is 199. The minimum absolute atomic E-state index is 0.550. The highest BCUT2D eigenvalue weighted by atomic mass is 15.1. The van der Waals surface area contributed by atoms with Gasteiger partial charge in [0.1, 0.15) is 0 Å². The van der Waals surface area contributed by atoms with Gasteiger partial charge < -0.3 is 10.2 Å². The van der Waals surface area contributed by atoms with Crippen LogP contribution in [0.4, 0.5) is 0 Å². The second-order valence-corrected chi connectivity index (χ2v) is 6.85. The van der Waals surface area contributed by atoms with E-state index in [1.807, 2.05) is 0 Å². The lowest BCUT2D eigenvalue weighted by Gasteiger charge is -2.38. The summed E-state index contributed by atoms with van der Waals surface area (Å²) in [5, 5.41) is 3.52. The van der Waals surface area contributed by atoms with E-state index in [9.17, 15) is 0 Å². The second kappa shape index (κ2) is 7.38. The predicted molar refractivity (Wildman–Crippen MR) is 76.4 cm³/mol. The molecule has 0 unspecified atom stereocenters. The quantitative estimate of drug-likeness (QED) is 0.688. The van der Waals surface area contributed by atoms with Gasteiger partial charge in [-0.15, -0.1) is 0 Å². The first-order valence-corrected chi connectivity index (χ1v) is 7.43. The fourth-order valence-electron chi connectivity index (χ4n) is 2.71. The van der Waals surface area contributed by atoms with Gasteiger partial charge in [-0.05, 0) is 63.2 Å². The van der Waals surface area contributed by atoms with Crippen molar-refractivity contribution in [1.82, 2.24) is 10.2 Å². The maximum atomic E-state index is 3.52. The molecule has 0 aromatic carbocycles. The molecule has 1 heterocycles. The molecule has 17 heavy (non-hydrogen) atoms. The van der Waals surface area contributed by atoms with E-state index in [0.29, 0.717) is 5.41 Å². The van der Waals surface area contributed by atoms with Crippen LogP contribution in [0.3, 0.4) is 0 Å². The number of unbranched alkanes of at least 4 members (excludes halogenated alkanes) is 1. The Morgan fingerprint density at radius 3 is 2.65 bits per heavy atom. The molecule has 1 fully saturated rings. The first kappa shape index (κ1) is 15.0. The molecular weight excluding hydrogens is 208 g/mol. The molecule has 2 heteroatoms. The Balaban J connectivity index is 1.99. The van der Waals surface area contributed by atoms with Gasteiger partial charge in [0.05, 0.1) is 0 Å². The van der Waals surface area contributed by atoms with Gasteiger partial charge in [-0.2, -0.15) is 0 Å². The molecule has 0 spiro atoms. The third-order valence-electron chi connectivity index (χ3n) is 3.61. The molecular formula is C15H32N2. The molecule has 102 valence electrons. The zero-order valence-electron chi connectivity index (χ0n) is 12.4. The number of rotatable bonds is 7. The largest absolute Gasteiger partial charge is 0.316 e. The summed E-state index contributed by atoms with van der Waals surface area (Å²) in [5.74, 6) is 0.776. The number of likely N-dealkylation sites (tertiary alicyclic amines) is 1. The Hall–Kier alpha value is -0.0800. The summed E-state index contributed by atoms with van der Waals surface area (Å²) in [6.07, 6.45) is 5.46. The fraction of sp³-hybridized carbons (Fsp3) is 1.00. The summed E-state index contributed by atoms with van der Waals surface area (Å²) in [4.78, 5) is 2.66. The van der Waals surface area contributed by atoms with Crippen LogP contribution >= 0.6 is 0 Å². The molecule has 0 bridgehead atoms. The number of nitrogens with zero attached hydrogens (tertiary/aromatic N) is 1. The molecule has 1 aliphatic rings. The van der Waals surface area contributed by atoms with Crippen LogP contribution < -0.4 is 5.32 Å². The average Bonchev–Trinajstić information content (AvgIpc) is 2.21. The molecule has 0 amide bonds. The van der Waals surface area contributed by atoms with E-state index in [2.05, 4.69) is 37.9 Å². The molecule has 0 aromatic heterocycles. The Labute approximate surface area is 108 Å². The summed E-state index contributed by atoms with van der Waals surface area (Å²) < 4.78 is 0. The lowest BCUT2D eigenvalue weighted by atomic mass is 9.84. The van der Waals surface area contributed by atoms with E-state index in [0.717, 1.165) is 12.5 Å². The van der Waals surface area contributed by atoms with Gasteiger partial charge in [0.2, 0.25) is 0 Å². The van der Waals surface area contributed by atoms with Crippen molar-refractivity contribution in [2.45, 2.75) is 53.4 Å². The first-order valence-electron chi connectivity index (χ1n) is 7.43. The van der Waals surface area contributed by atoms with E-state index in [-0.39, 0.29) is 0 Å². The maximum Gasteiger partial charge on any atom is 0.00327 e. The van der Waals surface area contributed by atoms with Crippen LogP contribution in [-0.4, -0.2) is 37.6 Å². The van der Waals surface area contributed by atoms with Crippen LogP contribution in [0.1, 0.15) is 53.4 Å². The highest BCUT2D eigenvalue weighted by molar-refractivity contribution is 4.79. The zero-order valence-corrected chi connectivity index (χ0v) is 12.4. The second-order valence-electron chi connectivity index (χ2n) is 6.85. The van der Waals surface area contributed by atoms with Gasteiger partial charge in [0.25, 0.3) is 0 Å². The monoisotopic (exact) mass is 240 g/mol. The lowest BCUT2D eigenvalue weighted by molar-refractivity contribution is 0.116. The summed E-state index contributed by atoms with van der Waals surface area (Å²) in [5.41, 5.74) is 0.550. The number of nitrogens with one attached hydrogen (secondary N) is 1. The van der Waals surface area contributed by atoms with Crippen molar-refractivity contribution >= 4 is 0 Å². The van der Waals surface area contributed by atoms with Gasteiger partial charge in [-0.3, -0.25) is 0 Å². The van der Waals surface area contributed by atoms with Gasteiger partial charge in [-0.1, -0.05) is 27.7 Å². The van der Waals surface area contributed by atoms with Crippen LogP contribution in [0.2, 0.25) is 0 Å². The van der Waals surface area contributed by atoms with Crippen LogP contribution in [0.15, 0.2) is 0 Å². The van der Waals surface area contributed by atoms with E-state index >= 15 is 0 Å². The molecule has 0 atom stereocenters. The predicted octanol–water partition coefficient (Wildman–Crippen LogP) is 3.13. The zero-order chi connectivity index (χ0) is 12.7. The van der Waals surface area contributed by atoms with Gasteiger partial charge in [0, 0.05) is 6.54 Å². The topological polar surface area (TPSA) is 15.3 Å². The van der Waals surface area contributed by atoms with Crippen LogP contribution in [0.5, 0.6) is 0 Å². The minimum Gasteiger partial charge on any atom is -0.316 e. The lowest BCUT2D eigenvalue weighted by Crippen LogP contribution is -2.40. The summed E-state index contributed by atoms with van der Waals surface area (Å²) in [6, 6.07) is 0. The summed E-state index contributed by atoms with van der Waals surface area (Å²) in [7, 11) is 0. The number of piperidine rings is 1. The standard InChI is InChI=1S/C15H32N2/c1-14(2)12-16-9-5-6-10-17-11-7-8-15(3,4)13-17/h14,16H,5-13H2,1-4H3. The first-order chi connectivity index (χ1) is 7.99. The van der Waals surface area contributed by atoms with Crippen LogP contribution in [0.25, 0.3) is 0 Å². The van der Waals surface area contributed by atoms with Crippen molar-refractivity contribution in [3.8, 4) is 0 Å². The maximum absolute atomic E-state index is 3.52. The van der Waals surface area contributed by atoms with Crippen LogP contribution in [0, 0.1) is 11.3 Å². The molecule has 1 aliphatic heterocycles. The highest BCUT2D eigenvalue weighted by Crippen LogP contribution is 2.28. The van der Waals surface area contributed by atoms with E-state index in [1.165, 1.54) is 51.9 Å². The molecule has 0 radical (unpaired) electrons. The smallest absolute Gasteiger partial charge is 0.00327 e. The Kier molecular flexibility index (Phi) is 6.50. The third kappa shape index (κ3) is 7.05. The number of hydrogen-bond acceptors (Lipinski definition) is 2. The summed E-state index contributed by atoms with van der Waals surface area (Å²) in [6.45, 7) is 15.6. The van der Waals surface area contributed by atoms with Gasteiger partial charge in [-0.25, -0.2) is 0 Å². The normalized spacial score (nSPS) is 21.0. The van der Waals surface area contributed by atoms with Crippen LogP contribution in [-0.2, 0) is 0 Å². The molecule has 0 saturated carbocycles. The third-order valence-corrected chi connectivity index (χ3v) is 3.61. The molecule has 1 N–H and O–H groups in total. The Morgan fingerprint density at radius 2 is 2.00 bits per heavy atom. The Morgan fingerprint density at radius 1 is 1.24 bits per heavy atom. The molecule has 0 aromatic rings. The van der Waals surface area contributed by atoms with Crippen molar-refractivity contribution in [3.05, 3.63) is 0 Å². The van der Waals surface area contributed by atoms with Crippen molar-refractivity contribution in [2.24, 2.45) is 11.3 Å². The molecule has 1 rings (SSSR count).